The van der Waals surface area contributed by atoms with E-state index in [0.717, 1.165) is 11.3 Å². The Kier molecular flexibility index (Phi) is 4.55. The lowest BCUT2D eigenvalue weighted by atomic mass is 10.0. The van der Waals surface area contributed by atoms with Crippen LogP contribution in [0.5, 0.6) is 0 Å². The van der Waals surface area contributed by atoms with Crippen molar-refractivity contribution in [2.75, 3.05) is 6.54 Å². The summed E-state index contributed by atoms with van der Waals surface area (Å²) >= 11 is 0. The third-order valence-corrected chi connectivity index (χ3v) is 7.66. The molecule has 0 radical (unpaired) electrons. The van der Waals surface area contributed by atoms with E-state index in [2.05, 4.69) is 141 Å². The highest BCUT2D eigenvalue weighted by Crippen LogP contribution is 2.39. The van der Waals surface area contributed by atoms with Crippen LogP contribution in [0.4, 0.5) is 0 Å². The number of rotatable bonds is 3. The van der Waals surface area contributed by atoms with Crippen molar-refractivity contribution in [2.24, 2.45) is 5.10 Å². The lowest BCUT2D eigenvalue weighted by molar-refractivity contribution is 0.807. The van der Waals surface area contributed by atoms with Crippen molar-refractivity contribution in [1.29, 1.82) is 0 Å². The fraction of sp³-hybridized carbons (Fsp3) is 0.0294. The van der Waals surface area contributed by atoms with Crippen LogP contribution in [0.2, 0.25) is 0 Å². The van der Waals surface area contributed by atoms with Gasteiger partial charge in [0.25, 0.3) is 0 Å². The van der Waals surface area contributed by atoms with Gasteiger partial charge in [-0.05, 0) is 53.2 Å². The first-order valence-electron chi connectivity index (χ1n) is 12.9. The van der Waals surface area contributed by atoms with Crippen molar-refractivity contribution in [3.8, 4) is 5.69 Å². The second-order valence-electron chi connectivity index (χ2n) is 9.76. The van der Waals surface area contributed by atoms with Crippen molar-refractivity contribution < 1.29 is 0 Å². The molecule has 38 heavy (non-hydrogen) atoms. The van der Waals surface area contributed by atoms with Gasteiger partial charge in [0.15, 0.2) is 0 Å². The molecule has 0 unspecified atom stereocenters. The van der Waals surface area contributed by atoms with Crippen LogP contribution in [0, 0.1) is 0 Å². The smallest absolute Gasteiger partial charge is 0.0919 e. The van der Waals surface area contributed by atoms with E-state index in [1.54, 1.807) is 0 Å². The van der Waals surface area contributed by atoms with E-state index in [0.29, 0.717) is 6.54 Å². The van der Waals surface area contributed by atoms with Gasteiger partial charge >= 0.3 is 0 Å². The molecule has 1 N–H and O–H groups in total. The molecule has 0 amide bonds. The largest absolute Gasteiger partial charge is 0.317 e. The maximum atomic E-state index is 4.61. The standard InChI is InChI=1S/C34H24N4/c1-3-9-23(10-4-1)30-21-25(22-35-36-30)38-32-14-8-7-13-29(32)34-28-16-17-31-27(26(28)15-18-33(34)38)19-20-37(31)24-11-5-2-6-12-24/h1-21,35H,22H2. The van der Waals surface area contributed by atoms with Gasteiger partial charge in [0.05, 0.1) is 28.8 Å². The Morgan fingerprint density at radius 2 is 1.32 bits per heavy atom. The lowest BCUT2D eigenvalue weighted by Gasteiger charge is -2.18. The van der Waals surface area contributed by atoms with Gasteiger partial charge < -0.3 is 14.6 Å². The summed E-state index contributed by atoms with van der Waals surface area (Å²) < 4.78 is 4.67. The molecule has 4 heteroatoms. The van der Waals surface area contributed by atoms with Gasteiger partial charge in [-0.3, -0.25) is 0 Å². The number of nitrogens with one attached hydrogen (secondary N) is 1. The molecule has 0 spiro atoms. The first-order chi connectivity index (χ1) is 18.9. The maximum absolute atomic E-state index is 4.61. The summed E-state index contributed by atoms with van der Waals surface area (Å²) in [4.78, 5) is 0. The van der Waals surface area contributed by atoms with E-state index < -0.39 is 0 Å². The maximum Gasteiger partial charge on any atom is 0.0919 e. The summed E-state index contributed by atoms with van der Waals surface area (Å²) in [6.45, 7) is 0.668. The van der Waals surface area contributed by atoms with Crippen LogP contribution in [0.25, 0.3) is 54.9 Å². The number of para-hydroxylation sites is 2. The average Bonchev–Trinajstić information content (AvgIpc) is 3.58. The number of nitrogens with zero attached hydrogens (tertiary/aromatic N) is 3. The monoisotopic (exact) mass is 488 g/mol. The van der Waals surface area contributed by atoms with E-state index in [1.807, 2.05) is 6.07 Å². The van der Waals surface area contributed by atoms with E-state index >= 15 is 0 Å². The molecule has 8 rings (SSSR count). The Hall–Kier alpha value is -5.09. The molecule has 3 heterocycles. The zero-order valence-corrected chi connectivity index (χ0v) is 20.7. The minimum absolute atomic E-state index is 0.668. The summed E-state index contributed by atoms with van der Waals surface area (Å²) in [6.07, 6.45) is 4.39. The van der Waals surface area contributed by atoms with Crippen LogP contribution in [-0.4, -0.2) is 21.4 Å². The third-order valence-electron chi connectivity index (χ3n) is 7.66. The highest BCUT2D eigenvalue weighted by molar-refractivity contribution is 6.26. The number of hydrogen-bond acceptors (Lipinski definition) is 2. The van der Waals surface area contributed by atoms with E-state index in [9.17, 15) is 0 Å². The van der Waals surface area contributed by atoms with Crippen molar-refractivity contribution >= 4 is 54.9 Å². The highest BCUT2D eigenvalue weighted by atomic mass is 15.3. The number of aromatic nitrogens is 2. The van der Waals surface area contributed by atoms with Gasteiger partial charge in [0.1, 0.15) is 0 Å². The molecule has 1 aliphatic rings. The molecule has 180 valence electrons. The molecule has 0 saturated heterocycles. The van der Waals surface area contributed by atoms with E-state index in [4.69, 9.17) is 0 Å². The molecular formula is C34H24N4. The van der Waals surface area contributed by atoms with Crippen LogP contribution in [-0.2, 0) is 0 Å². The topological polar surface area (TPSA) is 34.2 Å². The average molecular weight is 489 g/mol. The van der Waals surface area contributed by atoms with Crippen LogP contribution in [0.15, 0.2) is 133 Å². The molecule has 0 atom stereocenters. The van der Waals surface area contributed by atoms with Crippen molar-refractivity contribution in [2.45, 2.75) is 0 Å². The van der Waals surface area contributed by atoms with Crippen LogP contribution in [0.3, 0.4) is 0 Å². The summed E-state index contributed by atoms with van der Waals surface area (Å²) in [7, 11) is 0. The molecule has 0 aliphatic carbocycles. The number of benzene rings is 5. The normalized spacial score (nSPS) is 13.7. The van der Waals surface area contributed by atoms with Crippen LogP contribution < -0.4 is 5.43 Å². The molecule has 2 aromatic heterocycles. The van der Waals surface area contributed by atoms with Crippen molar-refractivity contribution in [1.82, 2.24) is 14.6 Å². The Labute approximate surface area is 219 Å². The Balaban J connectivity index is 1.38. The van der Waals surface area contributed by atoms with Crippen molar-refractivity contribution in [3.63, 3.8) is 0 Å². The van der Waals surface area contributed by atoms with Crippen molar-refractivity contribution in [3.05, 3.63) is 133 Å². The Bertz CT molecular complexity index is 2060. The van der Waals surface area contributed by atoms with Crippen LogP contribution >= 0.6 is 0 Å². The molecule has 0 bridgehead atoms. The third kappa shape index (κ3) is 3.07. The molecule has 0 fully saturated rings. The van der Waals surface area contributed by atoms with Gasteiger partial charge in [-0.15, -0.1) is 0 Å². The van der Waals surface area contributed by atoms with Gasteiger partial charge in [-0.1, -0.05) is 78.9 Å². The minimum atomic E-state index is 0.668. The number of fused-ring (bicyclic) bond motifs is 7. The fourth-order valence-electron chi connectivity index (χ4n) is 5.97. The number of allylic oxidation sites excluding steroid dienone is 1. The second-order valence-corrected chi connectivity index (χ2v) is 9.76. The van der Waals surface area contributed by atoms with Crippen LogP contribution in [0.1, 0.15) is 5.56 Å². The molecule has 4 nitrogen and oxygen atoms in total. The van der Waals surface area contributed by atoms with E-state index in [1.165, 1.54) is 54.9 Å². The summed E-state index contributed by atoms with van der Waals surface area (Å²) in [5.74, 6) is 0. The molecular weight excluding hydrogens is 464 g/mol. The van der Waals surface area contributed by atoms with Gasteiger partial charge in [0, 0.05) is 39.3 Å². The molecule has 7 aromatic rings. The SMILES string of the molecule is C1=C(n2c3ccccc3c3c4ccc5c(ccn5-c5ccccc5)c4ccc32)CNN=C1c1ccccc1. The first kappa shape index (κ1) is 21.0. The lowest BCUT2D eigenvalue weighted by Crippen LogP contribution is -2.21. The predicted octanol–water partition coefficient (Wildman–Crippen LogP) is 7.74. The van der Waals surface area contributed by atoms with Gasteiger partial charge in [-0.25, -0.2) is 0 Å². The molecule has 5 aromatic carbocycles. The second kappa shape index (κ2) is 8.22. The summed E-state index contributed by atoms with van der Waals surface area (Å²) in [5, 5.41) is 11.0. The molecule has 0 saturated carbocycles. The number of hydrogen-bond donors (Lipinski definition) is 1. The van der Waals surface area contributed by atoms with E-state index in [-0.39, 0.29) is 0 Å². The quantitative estimate of drug-likeness (QED) is 0.271. The first-order valence-corrected chi connectivity index (χ1v) is 12.9. The fourth-order valence-corrected chi connectivity index (χ4v) is 5.97. The highest BCUT2D eigenvalue weighted by Gasteiger charge is 2.19. The summed E-state index contributed by atoms with van der Waals surface area (Å²) in [6, 6.07) is 41.0. The summed E-state index contributed by atoms with van der Waals surface area (Å²) in [5.41, 5.74) is 11.3. The molecule has 1 aliphatic heterocycles. The van der Waals surface area contributed by atoms with Gasteiger partial charge in [0.2, 0.25) is 0 Å². The zero-order chi connectivity index (χ0) is 25.1. The minimum Gasteiger partial charge on any atom is -0.317 e. The Morgan fingerprint density at radius 3 is 2.18 bits per heavy atom. The number of hydrazone groups is 1. The zero-order valence-electron chi connectivity index (χ0n) is 20.7. The Morgan fingerprint density at radius 1 is 0.579 bits per heavy atom. The van der Waals surface area contributed by atoms with Gasteiger partial charge in [-0.2, -0.15) is 5.10 Å². The predicted molar refractivity (Wildman–Crippen MR) is 159 cm³/mol.